The maximum Gasteiger partial charge on any atom is 0.343 e. The lowest BCUT2D eigenvalue weighted by Crippen LogP contribution is -2.28. The zero-order chi connectivity index (χ0) is 15.6. The minimum absolute atomic E-state index is 0.0379. The lowest BCUT2D eigenvalue weighted by Gasteiger charge is -2.19. The van der Waals surface area contributed by atoms with E-state index in [9.17, 15) is 18.8 Å². The van der Waals surface area contributed by atoms with Crippen molar-refractivity contribution in [1.29, 1.82) is 0 Å². The Morgan fingerprint density at radius 3 is 2.62 bits per heavy atom. The molecule has 1 aromatic carbocycles. The van der Waals surface area contributed by atoms with E-state index in [0.717, 1.165) is 13.2 Å². The monoisotopic (exact) mass is 295 g/mol. The van der Waals surface area contributed by atoms with Crippen LogP contribution in [0.5, 0.6) is 0 Å². The van der Waals surface area contributed by atoms with Gasteiger partial charge in [-0.1, -0.05) is 6.07 Å². The lowest BCUT2D eigenvalue weighted by molar-refractivity contribution is -0.145. The molecule has 1 atom stereocenters. The minimum Gasteiger partial charge on any atom is -0.469 e. The van der Waals surface area contributed by atoms with Gasteiger partial charge in [0.25, 0.3) is 0 Å². The summed E-state index contributed by atoms with van der Waals surface area (Å²) in [5.74, 6) is -3.18. The number of amides is 1. The molecule has 0 saturated carbocycles. The van der Waals surface area contributed by atoms with Gasteiger partial charge in [-0.25, -0.2) is 9.18 Å². The van der Waals surface area contributed by atoms with E-state index in [1.165, 1.54) is 24.1 Å². The molecule has 1 aliphatic heterocycles. The Morgan fingerprint density at radius 1 is 1.29 bits per heavy atom. The summed E-state index contributed by atoms with van der Waals surface area (Å²) >= 11 is 0. The summed E-state index contributed by atoms with van der Waals surface area (Å²) in [7, 11) is 2.36. The number of hydrogen-bond donors (Lipinski definition) is 0. The van der Waals surface area contributed by atoms with Crippen LogP contribution in [-0.2, 0) is 19.1 Å². The zero-order valence-electron chi connectivity index (χ0n) is 11.6. The summed E-state index contributed by atoms with van der Waals surface area (Å²) in [5.41, 5.74) is -0.225. The van der Waals surface area contributed by atoms with Crippen LogP contribution in [0.25, 0.3) is 0 Å². The third kappa shape index (κ3) is 2.72. The first-order valence-corrected chi connectivity index (χ1v) is 6.24. The molecular weight excluding hydrogens is 281 g/mol. The summed E-state index contributed by atoms with van der Waals surface area (Å²) in [6, 6.07) is 3.93. The van der Waals surface area contributed by atoms with Crippen LogP contribution in [0.1, 0.15) is 16.8 Å². The van der Waals surface area contributed by atoms with E-state index in [0.29, 0.717) is 0 Å². The van der Waals surface area contributed by atoms with E-state index in [1.807, 2.05) is 0 Å². The first-order chi connectivity index (χ1) is 9.99. The van der Waals surface area contributed by atoms with Gasteiger partial charge < -0.3 is 14.4 Å². The molecule has 0 bridgehead atoms. The topological polar surface area (TPSA) is 72.9 Å². The van der Waals surface area contributed by atoms with Crippen molar-refractivity contribution in [1.82, 2.24) is 0 Å². The lowest BCUT2D eigenvalue weighted by atomic mass is 10.1. The Kier molecular flexibility index (Phi) is 4.21. The second-order valence-corrected chi connectivity index (χ2v) is 4.55. The highest BCUT2D eigenvalue weighted by atomic mass is 19.1. The molecule has 1 saturated heterocycles. The van der Waals surface area contributed by atoms with E-state index >= 15 is 0 Å². The number of carbonyl (C=O) groups excluding carboxylic acids is 3. The van der Waals surface area contributed by atoms with Crippen LogP contribution in [0.4, 0.5) is 10.1 Å². The van der Waals surface area contributed by atoms with Crippen molar-refractivity contribution in [3.05, 3.63) is 29.6 Å². The molecule has 0 N–H and O–H groups in total. The fraction of sp³-hybridized carbons (Fsp3) is 0.357. The smallest absolute Gasteiger partial charge is 0.343 e. The van der Waals surface area contributed by atoms with E-state index in [2.05, 4.69) is 9.47 Å². The van der Waals surface area contributed by atoms with Crippen molar-refractivity contribution in [3.63, 3.8) is 0 Å². The summed E-state index contributed by atoms with van der Waals surface area (Å²) in [6.07, 6.45) is -0.0379. The maximum atomic E-state index is 13.9. The van der Waals surface area contributed by atoms with Crippen molar-refractivity contribution in [2.75, 3.05) is 25.7 Å². The molecule has 6 nitrogen and oxygen atoms in total. The number of halogens is 1. The quantitative estimate of drug-likeness (QED) is 0.782. The number of carbonyl (C=O) groups is 3. The SMILES string of the molecule is COC(=O)c1c(F)cccc1N1CC(C(=O)OC)CC1=O. The predicted octanol–water partition coefficient (Wildman–Crippen LogP) is 1.14. The molecular formula is C14H14FNO5. The second kappa shape index (κ2) is 5.90. The van der Waals surface area contributed by atoms with Gasteiger partial charge in [-0.3, -0.25) is 9.59 Å². The number of nitrogens with zero attached hydrogens (tertiary/aromatic N) is 1. The molecule has 112 valence electrons. The Balaban J connectivity index is 2.39. The number of benzene rings is 1. The molecule has 0 aliphatic carbocycles. The van der Waals surface area contributed by atoms with Gasteiger partial charge in [-0.15, -0.1) is 0 Å². The fourth-order valence-corrected chi connectivity index (χ4v) is 2.31. The maximum absolute atomic E-state index is 13.9. The number of methoxy groups -OCH3 is 2. The van der Waals surface area contributed by atoms with Crippen molar-refractivity contribution in [3.8, 4) is 0 Å². The zero-order valence-corrected chi connectivity index (χ0v) is 11.6. The number of hydrogen-bond acceptors (Lipinski definition) is 5. The Hall–Kier alpha value is -2.44. The van der Waals surface area contributed by atoms with E-state index in [4.69, 9.17) is 0 Å². The van der Waals surface area contributed by atoms with E-state index < -0.39 is 23.7 Å². The Labute approximate surface area is 120 Å². The highest BCUT2D eigenvalue weighted by molar-refractivity contribution is 6.05. The first kappa shape index (κ1) is 15.0. The normalized spacial score (nSPS) is 17.8. The van der Waals surface area contributed by atoms with Crippen LogP contribution in [0.3, 0.4) is 0 Å². The summed E-state index contributed by atoms with van der Waals surface area (Å²) in [4.78, 5) is 36.4. The Morgan fingerprint density at radius 2 is 2.00 bits per heavy atom. The minimum atomic E-state index is -0.877. The second-order valence-electron chi connectivity index (χ2n) is 4.55. The number of rotatable bonds is 3. The van der Waals surface area contributed by atoms with Gasteiger partial charge in [0.05, 0.1) is 25.8 Å². The van der Waals surface area contributed by atoms with Crippen LogP contribution < -0.4 is 4.90 Å². The summed E-state index contributed by atoms with van der Waals surface area (Å²) in [5, 5.41) is 0. The fourth-order valence-electron chi connectivity index (χ4n) is 2.31. The first-order valence-electron chi connectivity index (χ1n) is 6.24. The molecule has 1 aliphatic rings. The summed E-state index contributed by atoms with van der Waals surface area (Å²) in [6.45, 7) is 0.0406. The van der Waals surface area contributed by atoms with Gasteiger partial charge in [0.2, 0.25) is 5.91 Å². The molecule has 1 heterocycles. The molecule has 1 aromatic rings. The molecule has 1 fully saturated rings. The van der Waals surface area contributed by atoms with E-state index in [-0.39, 0.29) is 30.1 Å². The molecule has 1 amide bonds. The van der Waals surface area contributed by atoms with Crippen molar-refractivity contribution in [2.24, 2.45) is 5.92 Å². The highest BCUT2D eigenvalue weighted by Gasteiger charge is 2.37. The van der Waals surface area contributed by atoms with Crippen LogP contribution in [0.2, 0.25) is 0 Å². The average molecular weight is 295 g/mol. The number of ether oxygens (including phenoxy) is 2. The van der Waals surface area contributed by atoms with E-state index in [1.54, 1.807) is 0 Å². The predicted molar refractivity (Wildman–Crippen MR) is 70.2 cm³/mol. The number of esters is 2. The van der Waals surface area contributed by atoms with Crippen molar-refractivity contribution < 1.29 is 28.2 Å². The van der Waals surface area contributed by atoms with Gasteiger partial charge in [0.15, 0.2) is 0 Å². The van der Waals surface area contributed by atoms with Crippen LogP contribution in [0.15, 0.2) is 18.2 Å². The molecule has 1 unspecified atom stereocenters. The van der Waals surface area contributed by atoms with Crippen LogP contribution in [-0.4, -0.2) is 38.6 Å². The molecule has 7 heteroatoms. The molecule has 0 spiro atoms. The van der Waals surface area contributed by atoms with Gasteiger partial charge in [-0.2, -0.15) is 0 Å². The standard InChI is InChI=1S/C14H14FNO5/c1-20-13(18)8-6-11(17)16(7-8)10-5-3-4-9(15)12(10)14(19)21-2/h3-5,8H,6-7H2,1-2H3. The van der Waals surface area contributed by atoms with Gasteiger partial charge in [0.1, 0.15) is 11.4 Å². The van der Waals surface area contributed by atoms with Gasteiger partial charge in [-0.05, 0) is 12.1 Å². The van der Waals surface area contributed by atoms with Crippen molar-refractivity contribution >= 4 is 23.5 Å². The largest absolute Gasteiger partial charge is 0.469 e. The molecule has 21 heavy (non-hydrogen) atoms. The van der Waals surface area contributed by atoms with Crippen LogP contribution >= 0.6 is 0 Å². The average Bonchev–Trinajstić information content (AvgIpc) is 2.87. The molecule has 2 rings (SSSR count). The van der Waals surface area contributed by atoms with Crippen molar-refractivity contribution in [2.45, 2.75) is 6.42 Å². The van der Waals surface area contributed by atoms with Crippen LogP contribution in [0, 0.1) is 11.7 Å². The molecule has 0 radical (unpaired) electrons. The third-order valence-electron chi connectivity index (χ3n) is 3.33. The number of anilines is 1. The third-order valence-corrected chi connectivity index (χ3v) is 3.33. The molecule has 0 aromatic heterocycles. The highest BCUT2D eigenvalue weighted by Crippen LogP contribution is 2.30. The van der Waals surface area contributed by atoms with Gasteiger partial charge >= 0.3 is 11.9 Å². The Bertz CT molecular complexity index is 601. The summed E-state index contributed by atoms with van der Waals surface area (Å²) < 4.78 is 23.0. The van der Waals surface area contributed by atoms with Gasteiger partial charge in [0, 0.05) is 13.0 Å².